The fourth-order valence-electron chi connectivity index (χ4n) is 2.20. The molecule has 1 atom stereocenters. The molecule has 160 valence electrons. The van der Waals surface area contributed by atoms with Gasteiger partial charge in [0.05, 0.1) is 19.0 Å². The number of alkyl carbamates (subject to hydrolysis) is 1. The number of amides is 1. The molecule has 0 saturated carbocycles. The standard InChI is InChI=1S/C21H30N2O6/c1-5-11-27-19(25)14-22-13-17(23-20(26)29-21(2,3)4)12-18(24)28-15-16-9-7-6-8-10-16/h5-10,17,22H,1,11-15H2,2-4H3,(H,23,26)/t17-/m1/s1. The number of rotatable bonds is 11. The highest BCUT2D eigenvalue weighted by atomic mass is 16.6. The predicted molar refractivity (Wildman–Crippen MR) is 108 cm³/mol. The first-order chi connectivity index (χ1) is 13.7. The average Bonchev–Trinajstić information content (AvgIpc) is 2.64. The summed E-state index contributed by atoms with van der Waals surface area (Å²) in [5.41, 5.74) is 0.185. The van der Waals surface area contributed by atoms with Crippen LogP contribution in [0.4, 0.5) is 4.79 Å². The molecule has 0 spiro atoms. The van der Waals surface area contributed by atoms with Crippen LogP contribution in [-0.2, 0) is 30.4 Å². The van der Waals surface area contributed by atoms with Crippen molar-refractivity contribution in [2.75, 3.05) is 19.7 Å². The van der Waals surface area contributed by atoms with Gasteiger partial charge in [-0.25, -0.2) is 4.79 Å². The van der Waals surface area contributed by atoms with E-state index in [9.17, 15) is 14.4 Å². The minimum atomic E-state index is -0.676. The number of benzene rings is 1. The molecule has 0 aliphatic rings. The van der Waals surface area contributed by atoms with Crippen LogP contribution in [0.3, 0.4) is 0 Å². The van der Waals surface area contributed by atoms with Crippen molar-refractivity contribution in [3.05, 3.63) is 48.6 Å². The largest absolute Gasteiger partial charge is 0.461 e. The van der Waals surface area contributed by atoms with Gasteiger partial charge in [-0.2, -0.15) is 0 Å². The molecule has 2 N–H and O–H groups in total. The highest BCUT2D eigenvalue weighted by Crippen LogP contribution is 2.08. The van der Waals surface area contributed by atoms with Crippen LogP contribution in [-0.4, -0.2) is 49.4 Å². The predicted octanol–water partition coefficient (Wildman–Crippen LogP) is 2.33. The summed E-state index contributed by atoms with van der Waals surface area (Å²) >= 11 is 0. The van der Waals surface area contributed by atoms with Gasteiger partial charge in [0, 0.05) is 6.54 Å². The quantitative estimate of drug-likeness (QED) is 0.330. The second-order valence-corrected chi connectivity index (χ2v) is 7.30. The maximum atomic E-state index is 12.2. The lowest BCUT2D eigenvalue weighted by molar-refractivity contribution is -0.145. The van der Waals surface area contributed by atoms with Crippen LogP contribution >= 0.6 is 0 Å². The van der Waals surface area contributed by atoms with E-state index in [0.29, 0.717) is 0 Å². The molecule has 29 heavy (non-hydrogen) atoms. The van der Waals surface area contributed by atoms with Crippen LogP contribution < -0.4 is 10.6 Å². The summed E-state index contributed by atoms with van der Waals surface area (Å²) in [4.78, 5) is 35.8. The fraction of sp³-hybridized carbons (Fsp3) is 0.476. The highest BCUT2D eigenvalue weighted by Gasteiger charge is 2.22. The lowest BCUT2D eigenvalue weighted by Crippen LogP contribution is -2.46. The van der Waals surface area contributed by atoms with E-state index < -0.39 is 29.7 Å². The van der Waals surface area contributed by atoms with Gasteiger partial charge in [-0.05, 0) is 26.3 Å². The highest BCUT2D eigenvalue weighted by molar-refractivity contribution is 5.73. The molecule has 8 nitrogen and oxygen atoms in total. The Morgan fingerprint density at radius 1 is 1.10 bits per heavy atom. The molecule has 0 radical (unpaired) electrons. The first-order valence-corrected chi connectivity index (χ1v) is 9.36. The summed E-state index contributed by atoms with van der Waals surface area (Å²) in [6, 6.07) is 8.65. The van der Waals surface area contributed by atoms with E-state index in [1.165, 1.54) is 6.08 Å². The molecule has 0 aliphatic heterocycles. The lowest BCUT2D eigenvalue weighted by atomic mass is 10.2. The number of hydrogen-bond acceptors (Lipinski definition) is 7. The van der Waals surface area contributed by atoms with Gasteiger partial charge in [0.25, 0.3) is 0 Å². The average molecular weight is 406 g/mol. The van der Waals surface area contributed by atoms with Gasteiger partial charge in [-0.3, -0.25) is 9.59 Å². The molecule has 1 aromatic rings. The summed E-state index contributed by atoms with van der Waals surface area (Å²) in [5.74, 6) is -0.946. The summed E-state index contributed by atoms with van der Waals surface area (Å²) in [5, 5.41) is 5.48. The van der Waals surface area contributed by atoms with Crippen molar-refractivity contribution in [1.82, 2.24) is 10.6 Å². The number of nitrogens with one attached hydrogen (secondary N) is 2. The molecule has 1 aromatic carbocycles. The molecule has 0 aromatic heterocycles. The smallest absolute Gasteiger partial charge is 0.407 e. The number of carbonyl (C=O) groups is 3. The molecule has 0 fully saturated rings. The molecule has 0 aliphatic carbocycles. The number of esters is 2. The zero-order chi connectivity index (χ0) is 21.7. The molecule has 0 heterocycles. The van der Waals surface area contributed by atoms with E-state index in [4.69, 9.17) is 14.2 Å². The van der Waals surface area contributed by atoms with Gasteiger partial charge >= 0.3 is 18.0 Å². The van der Waals surface area contributed by atoms with E-state index in [-0.39, 0.29) is 32.7 Å². The third kappa shape index (κ3) is 12.2. The number of carbonyl (C=O) groups excluding carboxylic acids is 3. The third-order valence-corrected chi connectivity index (χ3v) is 3.40. The van der Waals surface area contributed by atoms with Crippen LogP contribution in [0.15, 0.2) is 43.0 Å². The van der Waals surface area contributed by atoms with Gasteiger partial charge in [-0.15, -0.1) is 0 Å². The van der Waals surface area contributed by atoms with E-state index in [0.717, 1.165) is 5.56 Å². The van der Waals surface area contributed by atoms with E-state index in [1.54, 1.807) is 20.8 Å². The SMILES string of the molecule is C=CCOC(=O)CNC[C@@H](CC(=O)OCc1ccccc1)NC(=O)OC(C)(C)C. The van der Waals surface area contributed by atoms with Gasteiger partial charge < -0.3 is 24.8 Å². The minimum absolute atomic E-state index is 0.0700. The Morgan fingerprint density at radius 3 is 2.41 bits per heavy atom. The molecule has 1 amide bonds. The third-order valence-electron chi connectivity index (χ3n) is 3.40. The van der Waals surface area contributed by atoms with Crippen molar-refractivity contribution in [1.29, 1.82) is 0 Å². The van der Waals surface area contributed by atoms with E-state index in [2.05, 4.69) is 17.2 Å². The van der Waals surface area contributed by atoms with Gasteiger partial charge in [0.1, 0.15) is 18.8 Å². The van der Waals surface area contributed by atoms with Gasteiger partial charge in [-0.1, -0.05) is 43.0 Å². The Labute approximate surface area is 171 Å². The van der Waals surface area contributed by atoms with Crippen molar-refractivity contribution in [3.63, 3.8) is 0 Å². The maximum Gasteiger partial charge on any atom is 0.407 e. The Morgan fingerprint density at radius 2 is 1.79 bits per heavy atom. The molecule has 0 unspecified atom stereocenters. The maximum absolute atomic E-state index is 12.2. The number of ether oxygens (including phenoxy) is 3. The minimum Gasteiger partial charge on any atom is -0.461 e. The van der Waals surface area contributed by atoms with Crippen LogP contribution in [0.2, 0.25) is 0 Å². The first-order valence-electron chi connectivity index (χ1n) is 9.36. The normalized spacial score (nSPS) is 11.8. The molecule has 0 bridgehead atoms. The Balaban J connectivity index is 2.55. The van der Waals surface area contributed by atoms with Gasteiger partial charge in [0.15, 0.2) is 0 Å². The van der Waals surface area contributed by atoms with Crippen LogP contribution in [0.25, 0.3) is 0 Å². The molecule has 1 rings (SSSR count). The zero-order valence-electron chi connectivity index (χ0n) is 17.2. The van der Waals surface area contributed by atoms with Crippen molar-refractivity contribution >= 4 is 18.0 Å². The van der Waals surface area contributed by atoms with Crippen LogP contribution in [0, 0.1) is 0 Å². The molecular weight excluding hydrogens is 376 g/mol. The first kappa shape index (κ1) is 24.2. The monoisotopic (exact) mass is 406 g/mol. The molecule has 0 saturated heterocycles. The Bertz CT molecular complexity index is 669. The summed E-state index contributed by atoms with van der Waals surface area (Å²) in [6.07, 6.45) is 0.725. The lowest BCUT2D eigenvalue weighted by Gasteiger charge is -2.23. The van der Waals surface area contributed by atoms with Gasteiger partial charge in [0.2, 0.25) is 0 Å². The molecular formula is C21H30N2O6. The summed E-state index contributed by atoms with van der Waals surface area (Å²) in [6.45, 7) is 9.03. The number of hydrogen-bond donors (Lipinski definition) is 2. The van der Waals surface area contributed by atoms with Crippen LogP contribution in [0.5, 0.6) is 0 Å². The Hall–Kier alpha value is -2.87. The van der Waals surface area contributed by atoms with Crippen molar-refractivity contribution in [2.45, 2.75) is 45.4 Å². The Kier molecular flexibility index (Phi) is 10.5. The van der Waals surface area contributed by atoms with Crippen molar-refractivity contribution in [3.8, 4) is 0 Å². The summed E-state index contributed by atoms with van der Waals surface area (Å²) < 4.78 is 15.4. The van der Waals surface area contributed by atoms with E-state index >= 15 is 0 Å². The second-order valence-electron chi connectivity index (χ2n) is 7.30. The van der Waals surface area contributed by atoms with Crippen LogP contribution in [0.1, 0.15) is 32.8 Å². The van der Waals surface area contributed by atoms with Crippen molar-refractivity contribution < 1.29 is 28.6 Å². The zero-order valence-corrected chi connectivity index (χ0v) is 17.2. The summed E-state index contributed by atoms with van der Waals surface area (Å²) in [7, 11) is 0. The topological polar surface area (TPSA) is 103 Å². The fourth-order valence-corrected chi connectivity index (χ4v) is 2.20. The molecule has 8 heteroatoms. The second kappa shape index (κ2) is 12.6. The van der Waals surface area contributed by atoms with Crippen molar-refractivity contribution in [2.24, 2.45) is 0 Å². The van der Waals surface area contributed by atoms with E-state index in [1.807, 2.05) is 30.3 Å².